The van der Waals surface area contributed by atoms with Gasteiger partial charge >= 0.3 is 6.18 Å². The molecule has 0 saturated carbocycles. The van der Waals surface area contributed by atoms with Gasteiger partial charge in [-0.25, -0.2) is 0 Å². The van der Waals surface area contributed by atoms with E-state index in [-0.39, 0.29) is 5.13 Å². The topological polar surface area (TPSA) is 55.6 Å². The number of anilines is 2. The Kier molecular flexibility index (Phi) is 3.24. The van der Waals surface area contributed by atoms with Crippen LogP contribution in [0.15, 0.2) is 6.20 Å². The summed E-state index contributed by atoms with van der Waals surface area (Å²) in [6, 6.07) is 0. The largest absolute Gasteiger partial charge is 0.445 e. The molecule has 9 heteroatoms. The van der Waals surface area contributed by atoms with Gasteiger partial charge < -0.3 is 5.32 Å². The second-order valence-electron chi connectivity index (χ2n) is 3.55. The highest BCUT2D eigenvalue weighted by atomic mass is 32.1. The molecule has 2 heterocycles. The Morgan fingerprint density at radius 2 is 2.11 bits per heavy atom. The zero-order valence-corrected chi connectivity index (χ0v) is 10.4. The van der Waals surface area contributed by atoms with Crippen molar-refractivity contribution in [3.05, 3.63) is 16.9 Å². The smallest absolute Gasteiger partial charge is 0.327 e. The molecule has 0 radical (unpaired) electrons. The maximum absolute atomic E-state index is 12.4. The van der Waals surface area contributed by atoms with Crippen LogP contribution in [0.25, 0.3) is 0 Å². The van der Waals surface area contributed by atoms with Crippen LogP contribution in [0.5, 0.6) is 0 Å². The van der Waals surface area contributed by atoms with Crippen LogP contribution in [0.1, 0.15) is 17.6 Å². The molecule has 0 fully saturated rings. The molecule has 0 aromatic carbocycles. The fraction of sp³-hybridized carbons (Fsp3) is 0.444. The van der Waals surface area contributed by atoms with Crippen LogP contribution in [-0.4, -0.2) is 20.0 Å². The first-order valence-corrected chi connectivity index (χ1v) is 5.92. The number of aromatic nitrogens is 4. The van der Waals surface area contributed by atoms with Crippen LogP contribution in [0, 0.1) is 0 Å². The van der Waals surface area contributed by atoms with Crippen molar-refractivity contribution < 1.29 is 13.2 Å². The molecule has 0 aliphatic rings. The number of aryl methyl sites for hydroxylation is 2. The van der Waals surface area contributed by atoms with E-state index in [9.17, 15) is 13.2 Å². The van der Waals surface area contributed by atoms with E-state index in [0.29, 0.717) is 23.4 Å². The Hall–Kier alpha value is -1.64. The number of alkyl halides is 3. The summed E-state index contributed by atoms with van der Waals surface area (Å²) in [5, 5.41) is 12.7. The highest BCUT2D eigenvalue weighted by molar-refractivity contribution is 7.15. The van der Waals surface area contributed by atoms with Crippen LogP contribution in [-0.2, 0) is 19.6 Å². The van der Waals surface area contributed by atoms with E-state index in [0.717, 1.165) is 5.69 Å². The minimum absolute atomic E-state index is 0.102. The van der Waals surface area contributed by atoms with Crippen molar-refractivity contribution in [3.63, 3.8) is 0 Å². The summed E-state index contributed by atoms with van der Waals surface area (Å²) in [5.74, 6) is 0. The fourth-order valence-electron chi connectivity index (χ4n) is 1.40. The normalized spacial score (nSPS) is 11.8. The Labute approximate surface area is 105 Å². The van der Waals surface area contributed by atoms with Crippen LogP contribution in [0.3, 0.4) is 0 Å². The van der Waals surface area contributed by atoms with Crippen LogP contribution >= 0.6 is 11.3 Å². The first-order chi connectivity index (χ1) is 8.40. The predicted octanol–water partition coefficient (Wildman–Crippen LogP) is 2.60. The van der Waals surface area contributed by atoms with Gasteiger partial charge in [0.25, 0.3) is 0 Å². The van der Waals surface area contributed by atoms with E-state index in [1.165, 1.54) is 0 Å². The number of rotatable bonds is 3. The number of nitrogens with zero attached hydrogens (tertiary/aromatic N) is 4. The molecular formula is C9H10F3N5S. The lowest BCUT2D eigenvalue weighted by Crippen LogP contribution is -2.03. The van der Waals surface area contributed by atoms with Crippen molar-refractivity contribution in [3.8, 4) is 0 Å². The molecule has 0 spiro atoms. The zero-order chi connectivity index (χ0) is 13.3. The van der Waals surface area contributed by atoms with Crippen LogP contribution in [0.4, 0.5) is 24.0 Å². The van der Waals surface area contributed by atoms with Gasteiger partial charge in [-0.3, -0.25) is 4.68 Å². The highest BCUT2D eigenvalue weighted by Crippen LogP contribution is 2.34. The molecule has 0 atom stereocenters. The molecule has 0 aliphatic heterocycles. The zero-order valence-electron chi connectivity index (χ0n) is 9.62. The van der Waals surface area contributed by atoms with Crippen LogP contribution in [0.2, 0.25) is 0 Å². The Morgan fingerprint density at radius 1 is 1.39 bits per heavy atom. The van der Waals surface area contributed by atoms with Gasteiger partial charge in [0.15, 0.2) is 0 Å². The van der Waals surface area contributed by atoms with Crippen molar-refractivity contribution in [2.45, 2.75) is 19.5 Å². The van der Waals surface area contributed by atoms with Crippen molar-refractivity contribution >= 4 is 22.2 Å². The van der Waals surface area contributed by atoms with Crippen molar-refractivity contribution in [2.75, 3.05) is 5.32 Å². The molecule has 0 saturated heterocycles. The summed E-state index contributed by atoms with van der Waals surface area (Å²) in [4.78, 5) is 0. The van der Waals surface area contributed by atoms with E-state index in [1.807, 2.05) is 6.92 Å². The van der Waals surface area contributed by atoms with Crippen molar-refractivity contribution in [1.29, 1.82) is 0 Å². The summed E-state index contributed by atoms with van der Waals surface area (Å²) >= 11 is 0.468. The molecule has 5 nitrogen and oxygen atoms in total. The molecule has 0 amide bonds. The van der Waals surface area contributed by atoms with Gasteiger partial charge in [-0.05, 0) is 6.42 Å². The highest BCUT2D eigenvalue weighted by Gasteiger charge is 2.35. The van der Waals surface area contributed by atoms with Gasteiger partial charge in [-0.1, -0.05) is 18.3 Å². The van der Waals surface area contributed by atoms with Gasteiger partial charge in [-0.2, -0.15) is 18.3 Å². The lowest BCUT2D eigenvalue weighted by Gasteiger charge is -2.00. The summed E-state index contributed by atoms with van der Waals surface area (Å²) in [6.45, 7) is 1.91. The van der Waals surface area contributed by atoms with Crippen molar-refractivity contribution in [2.24, 2.45) is 7.05 Å². The standard InChI is InChI=1S/C9H10F3N5S/c1-3-5-6(4-17(2)16-5)13-8-15-14-7(18-8)9(10,11)12/h4H,3H2,1-2H3,(H,13,15). The first-order valence-electron chi connectivity index (χ1n) is 5.10. The SMILES string of the molecule is CCc1nn(C)cc1Nc1nnc(C(F)(F)F)s1. The Morgan fingerprint density at radius 3 is 2.67 bits per heavy atom. The van der Waals surface area contributed by atoms with E-state index in [1.54, 1.807) is 17.9 Å². The van der Waals surface area contributed by atoms with E-state index in [2.05, 4.69) is 20.6 Å². The molecule has 98 valence electrons. The van der Waals surface area contributed by atoms with Gasteiger partial charge in [0, 0.05) is 13.2 Å². The lowest BCUT2D eigenvalue weighted by atomic mass is 10.3. The van der Waals surface area contributed by atoms with Crippen LogP contribution < -0.4 is 5.32 Å². The van der Waals surface area contributed by atoms with Gasteiger partial charge in [-0.15, -0.1) is 10.2 Å². The number of halogens is 3. The van der Waals surface area contributed by atoms with Gasteiger partial charge in [0.1, 0.15) is 0 Å². The number of hydrogen-bond acceptors (Lipinski definition) is 5. The van der Waals surface area contributed by atoms with Gasteiger partial charge in [0.2, 0.25) is 10.1 Å². The summed E-state index contributed by atoms with van der Waals surface area (Å²) < 4.78 is 38.6. The van der Waals surface area contributed by atoms with Crippen molar-refractivity contribution in [1.82, 2.24) is 20.0 Å². The molecule has 2 rings (SSSR count). The molecule has 2 aromatic heterocycles. The van der Waals surface area contributed by atoms with E-state index in [4.69, 9.17) is 0 Å². The molecule has 18 heavy (non-hydrogen) atoms. The average molecular weight is 277 g/mol. The third-order valence-corrected chi connectivity index (χ3v) is 3.03. The molecular weight excluding hydrogens is 267 g/mol. The minimum atomic E-state index is -4.46. The molecule has 0 unspecified atom stereocenters. The quantitative estimate of drug-likeness (QED) is 0.937. The summed E-state index contributed by atoms with van der Waals surface area (Å²) in [6.07, 6.45) is -2.10. The van der Waals surface area contributed by atoms with Gasteiger partial charge in [0.05, 0.1) is 11.4 Å². The summed E-state index contributed by atoms with van der Waals surface area (Å²) in [5.41, 5.74) is 1.41. The molecule has 0 bridgehead atoms. The monoisotopic (exact) mass is 277 g/mol. The van der Waals surface area contributed by atoms with E-state index >= 15 is 0 Å². The maximum atomic E-state index is 12.4. The number of hydrogen-bond donors (Lipinski definition) is 1. The molecule has 2 aromatic rings. The Bertz CT molecular complexity index is 545. The predicted molar refractivity (Wildman–Crippen MR) is 60.8 cm³/mol. The average Bonchev–Trinajstić information content (AvgIpc) is 2.85. The second kappa shape index (κ2) is 4.56. The maximum Gasteiger partial charge on any atom is 0.445 e. The fourth-order valence-corrected chi connectivity index (χ4v) is 2.03. The Balaban J connectivity index is 2.21. The van der Waals surface area contributed by atoms with E-state index < -0.39 is 11.2 Å². The molecule has 0 aliphatic carbocycles. The lowest BCUT2D eigenvalue weighted by molar-refractivity contribution is -0.138. The minimum Gasteiger partial charge on any atom is -0.327 e. The second-order valence-corrected chi connectivity index (χ2v) is 4.53. The first kappa shape index (κ1) is 12.8. The third kappa shape index (κ3) is 2.61. The number of nitrogens with one attached hydrogen (secondary N) is 1. The summed E-state index contributed by atoms with van der Waals surface area (Å²) in [7, 11) is 1.74. The molecule has 1 N–H and O–H groups in total. The third-order valence-electron chi connectivity index (χ3n) is 2.15.